The molecule has 1 amide bonds. The summed E-state index contributed by atoms with van der Waals surface area (Å²) in [4.78, 5) is 27.9. The summed E-state index contributed by atoms with van der Waals surface area (Å²) in [7, 11) is 1.76. The third-order valence-corrected chi connectivity index (χ3v) is 3.20. The van der Waals surface area contributed by atoms with Gasteiger partial charge in [-0.15, -0.1) is 0 Å². The largest absolute Gasteiger partial charge is 0.479 e. The Morgan fingerprint density at radius 2 is 2.25 bits per heavy atom. The van der Waals surface area contributed by atoms with Gasteiger partial charge in [0.1, 0.15) is 5.75 Å². The smallest absolute Gasteiger partial charge is 0.265 e. The third-order valence-electron chi connectivity index (χ3n) is 3.20. The van der Waals surface area contributed by atoms with E-state index in [4.69, 9.17) is 4.74 Å². The van der Waals surface area contributed by atoms with Gasteiger partial charge in [0.05, 0.1) is 5.69 Å². The van der Waals surface area contributed by atoms with Crippen molar-refractivity contribution < 1.29 is 14.3 Å². The molecular formula is C14H13N3O3. The first-order valence-electron chi connectivity index (χ1n) is 6.20. The summed E-state index contributed by atoms with van der Waals surface area (Å²) in [6.07, 6.45) is 2.75. The number of carbonyl (C=O) groups is 2. The average molecular weight is 271 g/mol. The van der Waals surface area contributed by atoms with Crippen LogP contribution in [0.5, 0.6) is 5.75 Å². The lowest BCUT2D eigenvalue weighted by Gasteiger charge is -2.23. The summed E-state index contributed by atoms with van der Waals surface area (Å²) in [6.45, 7) is 1.67. The van der Waals surface area contributed by atoms with Crippen molar-refractivity contribution in [1.82, 2.24) is 9.55 Å². The van der Waals surface area contributed by atoms with Crippen LogP contribution in [0, 0.1) is 0 Å². The predicted octanol–water partition coefficient (Wildman–Crippen LogP) is 1.37. The van der Waals surface area contributed by atoms with Crippen LogP contribution in [0.3, 0.4) is 0 Å². The first-order chi connectivity index (χ1) is 9.56. The fourth-order valence-electron chi connectivity index (χ4n) is 2.06. The van der Waals surface area contributed by atoms with Gasteiger partial charge in [-0.05, 0) is 25.1 Å². The highest BCUT2D eigenvalue weighted by molar-refractivity contribution is 6.08. The molecule has 1 N–H and O–H groups in total. The predicted molar refractivity (Wildman–Crippen MR) is 71.8 cm³/mol. The van der Waals surface area contributed by atoms with Crippen molar-refractivity contribution in [3.05, 3.63) is 42.0 Å². The summed E-state index contributed by atoms with van der Waals surface area (Å²) in [5.74, 6) is 0.488. The van der Waals surface area contributed by atoms with Crippen LogP contribution in [0.2, 0.25) is 0 Å². The molecule has 2 heterocycles. The Labute approximate surface area is 115 Å². The molecule has 0 radical (unpaired) electrons. The Morgan fingerprint density at radius 1 is 1.45 bits per heavy atom. The minimum atomic E-state index is -0.529. The Morgan fingerprint density at radius 3 is 2.95 bits per heavy atom. The Balaban J connectivity index is 1.97. The molecular weight excluding hydrogens is 258 g/mol. The summed E-state index contributed by atoms with van der Waals surface area (Å²) >= 11 is 0. The zero-order valence-corrected chi connectivity index (χ0v) is 11.1. The van der Waals surface area contributed by atoms with Gasteiger partial charge < -0.3 is 14.6 Å². The lowest BCUT2D eigenvalue weighted by atomic mass is 10.1. The topological polar surface area (TPSA) is 73.2 Å². The van der Waals surface area contributed by atoms with E-state index in [0.29, 0.717) is 22.8 Å². The second-order valence-electron chi connectivity index (χ2n) is 4.65. The van der Waals surface area contributed by atoms with E-state index in [1.54, 1.807) is 49.1 Å². The second kappa shape index (κ2) is 4.48. The normalized spacial score (nSPS) is 17.1. The Kier molecular flexibility index (Phi) is 2.78. The first-order valence-corrected chi connectivity index (χ1v) is 6.20. The molecule has 1 aromatic carbocycles. The molecule has 1 aromatic heterocycles. The molecule has 1 atom stereocenters. The fraction of sp³-hybridized carbons (Fsp3) is 0.214. The number of carbonyl (C=O) groups excluding carboxylic acids is 2. The first kappa shape index (κ1) is 12.4. The highest BCUT2D eigenvalue weighted by atomic mass is 16.5. The molecule has 1 aliphatic heterocycles. The number of ketones is 1. The quantitative estimate of drug-likeness (QED) is 0.837. The van der Waals surface area contributed by atoms with Crippen molar-refractivity contribution in [3.63, 3.8) is 0 Å². The van der Waals surface area contributed by atoms with E-state index in [0.717, 1.165) is 0 Å². The van der Waals surface area contributed by atoms with E-state index >= 15 is 0 Å². The number of hydrogen-bond donors (Lipinski definition) is 1. The zero-order chi connectivity index (χ0) is 14.3. The number of amides is 1. The molecule has 0 aliphatic carbocycles. The number of aryl methyl sites for hydroxylation is 1. The van der Waals surface area contributed by atoms with Crippen molar-refractivity contribution in [2.45, 2.75) is 13.0 Å². The zero-order valence-electron chi connectivity index (χ0n) is 11.1. The van der Waals surface area contributed by atoms with Gasteiger partial charge in [-0.1, -0.05) is 0 Å². The van der Waals surface area contributed by atoms with Crippen molar-refractivity contribution in [3.8, 4) is 5.75 Å². The maximum absolute atomic E-state index is 12.3. The van der Waals surface area contributed by atoms with Crippen molar-refractivity contribution in [1.29, 1.82) is 0 Å². The van der Waals surface area contributed by atoms with Crippen LogP contribution in [0.15, 0.2) is 30.6 Å². The Bertz CT molecular complexity index is 705. The average Bonchev–Trinajstić information content (AvgIpc) is 2.85. The molecule has 102 valence electrons. The Hall–Kier alpha value is -2.63. The number of nitrogens with one attached hydrogen (secondary N) is 1. The van der Waals surface area contributed by atoms with Gasteiger partial charge >= 0.3 is 0 Å². The van der Waals surface area contributed by atoms with Crippen molar-refractivity contribution in [2.24, 2.45) is 7.05 Å². The number of benzene rings is 1. The molecule has 1 unspecified atom stereocenters. The van der Waals surface area contributed by atoms with Crippen LogP contribution in [0.25, 0.3) is 0 Å². The third kappa shape index (κ3) is 1.95. The molecule has 0 spiro atoms. The summed E-state index contributed by atoms with van der Waals surface area (Å²) < 4.78 is 7.10. The van der Waals surface area contributed by atoms with Crippen LogP contribution >= 0.6 is 0 Å². The van der Waals surface area contributed by atoms with Crippen molar-refractivity contribution >= 4 is 17.4 Å². The monoisotopic (exact) mass is 271 g/mol. The van der Waals surface area contributed by atoms with Crippen LogP contribution < -0.4 is 10.1 Å². The number of hydrogen-bond acceptors (Lipinski definition) is 4. The second-order valence-corrected chi connectivity index (χ2v) is 4.65. The lowest BCUT2D eigenvalue weighted by molar-refractivity contribution is -0.122. The number of nitrogens with zero attached hydrogens (tertiary/aromatic N) is 2. The van der Waals surface area contributed by atoms with Crippen molar-refractivity contribution in [2.75, 3.05) is 5.32 Å². The van der Waals surface area contributed by atoms with Gasteiger partial charge in [0.25, 0.3) is 5.91 Å². The van der Waals surface area contributed by atoms with Gasteiger partial charge in [-0.2, -0.15) is 0 Å². The van der Waals surface area contributed by atoms with E-state index in [2.05, 4.69) is 10.3 Å². The van der Waals surface area contributed by atoms with Gasteiger partial charge in [0, 0.05) is 25.0 Å². The van der Waals surface area contributed by atoms with E-state index in [9.17, 15) is 9.59 Å². The van der Waals surface area contributed by atoms with Crippen LogP contribution in [-0.4, -0.2) is 27.3 Å². The molecule has 0 bridgehead atoms. The van der Waals surface area contributed by atoms with Gasteiger partial charge in [-0.3, -0.25) is 9.59 Å². The summed E-state index contributed by atoms with van der Waals surface area (Å²) in [5.41, 5.74) is 0.963. The van der Waals surface area contributed by atoms with Crippen LogP contribution in [-0.2, 0) is 11.8 Å². The van der Waals surface area contributed by atoms with Crippen LogP contribution in [0.4, 0.5) is 5.69 Å². The highest BCUT2D eigenvalue weighted by Gasteiger charge is 2.25. The number of imidazole rings is 1. The molecule has 6 nitrogen and oxygen atoms in total. The fourth-order valence-corrected chi connectivity index (χ4v) is 2.06. The molecule has 20 heavy (non-hydrogen) atoms. The molecule has 0 fully saturated rings. The maximum atomic E-state index is 12.3. The molecule has 2 aromatic rings. The maximum Gasteiger partial charge on any atom is 0.265 e. The minimum Gasteiger partial charge on any atom is -0.479 e. The van der Waals surface area contributed by atoms with Gasteiger partial charge in [-0.25, -0.2) is 4.98 Å². The summed E-state index contributed by atoms with van der Waals surface area (Å²) in [5, 5.41) is 2.72. The SMILES string of the molecule is CC1Oc2ccc(C(=O)c3nccn3C)cc2NC1=O. The van der Waals surface area contributed by atoms with E-state index < -0.39 is 6.10 Å². The standard InChI is InChI=1S/C14H13N3O3/c1-8-14(19)16-10-7-9(3-4-11(10)20-8)12(18)13-15-5-6-17(13)2/h3-8H,1-2H3,(H,16,19). The van der Waals surface area contributed by atoms with E-state index in [-0.39, 0.29) is 11.7 Å². The van der Waals surface area contributed by atoms with Gasteiger partial charge in [0.15, 0.2) is 11.9 Å². The van der Waals surface area contributed by atoms with E-state index in [1.807, 2.05) is 0 Å². The highest BCUT2D eigenvalue weighted by Crippen LogP contribution is 2.30. The minimum absolute atomic E-state index is 0.201. The summed E-state index contributed by atoms with van der Waals surface area (Å²) in [6, 6.07) is 4.96. The van der Waals surface area contributed by atoms with E-state index in [1.165, 1.54) is 0 Å². The van der Waals surface area contributed by atoms with Gasteiger partial charge in [0.2, 0.25) is 5.78 Å². The number of ether oxygens (including phenoxy) is 1. The lowest BCUT2D eigenvalue weighted by Crippen LogP contribution is -2.34. The number of fused-ring (bicyclic) bond motifs is 1. The number of aromatic nitrogens is 2. The molecule has 0 saturated carbocycles. The number of anilines is 1. The molecule has 1 aliphatic rings. The van der Waals surface area contributed by atoms with Crippen LogP contribution in [0.1, 0.15) is 23.1 Å². The number of rotatable bonds is 2. The molecule has 3 rings (SSSR count). The molecule has 6 heteroatoms. The molecule has 0 saturated heterocycles.